The molecule has 0 saturated carbocycles. The molecule has 0 aromatic heterocycles. The molecule has 0 atom stereocenters. The summed E-state index contributed by atoms with van der Waals surface area (Å²) in [5.74, 6) is -1.75. The van der Waals surface area contributed by atoms with E-state index in [-0.39, 0.29) is 33.8 Å². The van der Waals surface area contributed by atoms with Gasteiger partial charge in [0.05, 0.1) is 33.6 Å². The average molecular weight is 535 g/mol. The molecule has 6 heteroatoms. The van der Waals surface area contributed by atoms with Crippen LogP contribution in [0.15, 0.2) is 72.8 Å². The molecular formula is C34H34N2O4. The summed E-state index contributed by atoms with van der Waals surface area (Å²) in [5, 5.41) is 27.7. The van der Waals surface area contributed by atoms with Gasteiger partial charge in [-0.1, -0.05) is 51.0 Å². The van der Waals surface area contributed by atoms with Gasteiger partial charge in [-0.05, 0) is 85.3 Å². The first-order valence-electron chi connectivity index (χ1n) is 13.9. The minimum absolute atomic E-state index is 0.151. The molecule has 6 nitrogen and oxygen atoms in total. The molecule has 204 valence electrons. The van der Waals surface area contributed by atoms with Crippen molar-refractivity contribution in [2.75, 3.05) is 10.6 Å². The predicted molar refractivity (Wildman–Crippen MR) is 160 cm³/mol. The zero-order chi connectivity index (χ0) is 28.2. The smallest absolute Gasteiger partial charge is 0.200 e. The van der Waals surface area contributed by atoms with Gasteiger partial charge in [-0.25, -0.2) is 0 Å². The predicted octanol–water partition coefficient (Wildman–Crippen LogP) is 8.05. The lowest BCUT2D eigenvalue weighted by Gasteiger charge is -2.25. The molecular weight excluding hydrogens is 500 g/mol. The monoisotopic (exact) mass is 534 g/mol. The first-order chi connectivity index (χ1) is 19.4. The van der Waals surface area contributed by atoms with Gasteiger partial charge in [0.2, 0.25) is 11.6 Å². The number of benzene rings is 4. The van der Waals surface area contributed by atoms with Crippen LogP contribution < -0.4 is 10.6 Å². The van der Waals surface area contributed by atoms with Crippen LogP contribution >= 0.6 is 0 Å². The number of hydrogen-bond donors (Lipinski definition) is 4. The van der Waals surface area contributed by atoms with Crippen LogP contribution in [0, 0.1) is 0 Å². The van der Waals surface area contributed by atoms with Crippen molar-refractivity contribution in [2.45, 2.75) is 52.4 Å². The number of rotatable bonds is 10. The van der Waals surface area contributed by atoms with Crippen LogP contribution in [0.25, 0.3) is 0 Å². The van der Waals surface area contributed by atoms with Gasteiger partial charge in [-0.3, -0.25) is 9.59 Å². The normalized spacial score (nSPS) is 12.2. The second-order valence-corrected chi connectivity index (χ2v) is 10.3. The maximum absolute atomic E-state index is 13.9. The van der Waals surface area contributed by atoms with E-state index in [1.807, 2.05) is 24.3 Å². The number of unbranched alkanes of at least 4 members (excludes halogenated alkanes) is 2. The van der Waals surface area contributed by atoms with E-state index in [1.165, 1.54) is 23.3 Å². The Morgan fingerprint density at radius 3 is 1.25 bits per heavy atom. The van der Waals surface area contributed by atoms with E-state index in [1.54, 1.807) is 12.1 Å². The number of carbonyl (C=O) groups is 2. The standard InChI is InChI=1S/C34H34N2O4/c1-3-5-7-21-9-13-23(14-10-21)35-25-17-18-26(36-24-15-11-22(12-16-24)8-6-4-2)30-29(25)33(39)31-27(37)19-20-28(38)32(31)34(30)40/h9-20,35-38H,3-8H2,1-2H3. The highest BCUT2D eigenvalue weighted by Crippen LogP contribution is 2.43. The molecule has 4 aromatic carbocycles. The molecule has 0 heterocycles. The Kier molecular flexibility index (Phi) is 7.87. The fourth-order valence-electron chi connectivity index (χ4n) is 5.16. The summed E-state index contributed by atoms with van der Waals surface area (Å²) >= 11 is 0. The molecule has 0 radical (unpaired) electrons. The number of anilines is 4. The molecule has 0 amide bonds. The fourth-order valence-corrected chi connectivity index (χ4v) is 5.16. The van der Waals surface area contributed by atoms with Crippen molar-refractivity contribution in [1.29, 1.82) is 0 Å². The molecule has 0 aliphatic heterocycles. The van der Waals surface area contributed by atoms with Gasteiger partial charge < -0.3 is 20.8 Å². The van der Waals surface area contributed by atoms with Gasteiger partial charge >= 0.3 is 0 Å². The summed E-state index contributed by atoms with van der Waals surface area (Å²) in [7, 11) is 0. The van der Waals surface area contributed by atoms with Crippen molar-refractivity contribution >= 4 is 34.3 Å². The summed E-state index contributed by atoms with van der Waals surface area (Å²) in [6.07, 6.45) is 6.47. The van der Waals surface area contributed by atoms with Crippen molar-refractivity contribution in [3.8, 4) is 11.5 Å². The van der Waals surface area contributed by atoms with Crippen molar-refractivity contribution in [3.05, 3.63) is 106 Å². The lowest BCUT2D eigenvalue weighted by molar-refractivity contribution is 0.0975. The molecule has 0 unspecified atom stereocenters. The van der Waals surface area contributed by atoms with Crippen LogP contribution in [0.2, 0.25) is 0 Å². The molecule has 0 spiro atoms. The van der Waals surface area contributed by atoms with Crippen molar-refractivity contribution < 1.29 is 19.8 Å². The highest BCUT2D eigenvalue weighted by atomic mass is 16.3. The summed E-state index contributed by atoms with van der Waals surface area (Å²) < 4.78 is 0. The maximum atomic E-state index is 13.9. The molecule has 4 N–H and O–H groups in total. The maximum Gasteiger partial charge on any atom is 0.200 e. The van der Waals surface area contributed by atoms with E-state index in [2.05, 4.69) is 48.7 Å². The Morgan fingerprint density at radius 1 is 0.525 bits per heavy atom. The molecule has 1 aliphatic carbocycles. The van der Waals surface area contributed by atoms with Crippen molar-refractivity contribution in [2.24, 2.45) is 0 Å². The Balaban J connectivity index is 1.56. The third kappa shape index (κ3) is 5.30. The quantitative estimate of drug-likeness (QED) is 0.135. The summed E-state index contributed by atoms with van der Waals surface area (Å²) in [4.78, 5) is 27.7. The Bertz CT molecular complexity index is 1440. The summed E-state index contributed by atoms with van der Waals surface area (Å²) in [6, 6.07) is 22.0. The third-order valence-electron chi connectivity index (χ3n) is 7.38. The van der Waals surface area contributed by atoms with Gasteiger partial charge in [0.15, 0.2) is 0 Å². The van der Waals surface area contributed by atoms with E-state index in [0.717, 1.165) is 49.9 Å². The second-order valence-electron chi connectivity index (χ2n) is 10.3. The number of fused-ring (bicyclic) bond motifs is 2. The van der Waals surface area contributed by atoms with Gasteiger partial charge in [0.25, 0.3) is 0 Å². The number of ketones is 2. The van der Waals surface area contributed by atoms with E-state index < -0.39 is 11.6 Å². The Hall–Kier alpha value is -4.58. The SMILES string of the molecule is CCCCc1ccc(Nc2ccc(Nc3ccc(CCCC)cc3)c3c2C(=O)c2c(O)ccc(O)c2C3=O)cc1. The lowest BCUT2D eigenvalue weighted by atomic mass is 9.81. The van der Waals surface area contributed by atoms with Crippen LogP contribution in [0.1, 0.15) is 82.5 Å². The van der Waals surface area contributed by atoms with Crippen LogP contribution in [0.5, 0.6) is 11.5 Å². The van der Waals surface area contributed by atoms with E-state index in [0.29, 0.717) is 11.4 Å². The van der Waals surface area contributed by atoms with E-state index in [9.17, 15) is 19.8 Å². The van der Waals surface area contributed by atoms with Crippen LogP contribution in [-0.2, 0) is 12.8 Å². The van der Waals surface area contributed by atoms with Gasteiger partial charge in [-0.15, -0.1) is 0 Å². The highest BCUT2D eigenvalue weighted by molar-refractivity contribution is 6.33. The van der Waals surface area contributed by atoms with E-state index in [4.69, 9.17) is 0 Å². The van der Waals surface area contributed by atoms with Crippen LogP contribution in [0.3, 0.4) is 0 Å². The lowest BCUT2D eigenvalue weighted by Crippen LogP contribution is -2.24. The number of phenols is 2. The van der Waals surface area contributed by atoms with Crippen molar-refractivity contribution in [3.63, 3.8) is 0 Å². The van der Waals surface area contributed by atoms with Crippen LogP contribution in [-0.4, -0.2) is 21.8 Å². The van der Waals surface area contributed by atoms with Crippen molar-refractivity contribution in [1.82, 2.24) is 0 Å². The first-order valence-corrected chi connectivity index (χ1v) is 13.9. The number of aryl methyl sites for hydroxylation is 2. The van der Waals surface area contributed by atoms with E-state index >= 15 is 0 Å². The zero-order valence-electron chi connectivity index (χ0n) is 22.9. The topological polar surface area (TPSA) is 98.7 Å². The summed E-state index contributed by atoms with van der Waals surface area (Å²) in [6.45, 7) is 4.32. The van der Waals surface area contributed by atoms with Gasteiger partial charge in [-0.2, -0.15) is 0 Å². The molecule has 5 rings (SSSR count). The van der Waals surface area contributed by atoms with Gasteiger partial charge in [0, 0.05) is 11.4 Å². The Labute approximate surface area is 234 Å². The fraction of sp³-hybridized carbons (Fsp3) is 0.235. The average Bonchev–Trinajstić information content (AvgIpc) is 2.97. The molecule has 0 fully saturated rings. The number of phenolic OH excluding ortho intramolecular Hbond substituents is 2. The molecule has 0 saturated heterocycles. The largest absolute Gasteiger partial charge is 0.507 e. The Morgan fingerprint density at radius 2 is 0.900 bits per heavy atom. The number of hydrogen-bond acceptors (Lipinski definition) is 6. The zero-order valence-corrected chi connectivity index (χ0v) is 22.9. The summed E-state index contributed by atoms with van der Waals surface area (Å²) in [5.41, 5.74) is 4.84. The number of nitrogens with one attached hydrogen (secondary N) is 2. The first kappa shape index (κ1) is 27.0. The minimum Gasteiger partial charge on any atom is -0.507 e. The third-order valence-corrected chi connectivity index (χ3v) is 7.38. The van der Waals surface area contributed by atoms with Crippen LogP contribution in [0.4, 0.5) is 22.7 Å². The number of aromatic hydroxyl groups is 2. The number of carbonyl (C=O) groups excluding carboxylic acids is 2. The van der Waals surface area contributed by atoms with Gasteiger partial charge in [0.1, 0.15) is 11.5 Å². The molecule has 1 aliphatic rings. The highest BCUT2D eigenvalue weighted by Gasteiger charge is 2.38. The molecule has 40 heavy (non-hydrogen) atoms. The molecule has 0 bridgehead atoms. The minimum atomic E-state index is -0.529. The second kappa shape index (κ2) is 11.7. The molecule has 4 aromatic rings.